The van der Waals surface area contributed by atoms with Crippen molar-refractivity contribution >= 4 is 17.9 Å². The monoisotopic (exact) mass is 470 g/mol. The first-order valence-corrected chi connectivity index (χ1v) is 9.29. The van der Waals surface area contributed by atoms with Crippen LogP contribution in [0.15, 0.2) is 18.3 Å². The second-order valence-electron chi connectivity index (χ2n) is 6.41. The summed E-state index contributed by atoms with van der Waals surface area (Å²) < 4.78 is 71.2. The molecule has 32 heavy (non-hydrogen) atoms. The van der Waals surface area contributed by atoms with Crippen LogP contribution in [0, 0.1) is 30.2 Å². The van der Waals surface area contributed by atoms with Crippen molar-refractivity contribution in [1.29, 1.82) is 0 Å². The van der Waals surface area contributed by atoms with Crippen molar-refractivity contribution in [2.45, 2.75) is 13.5 Å². The van der Waals surface area contributed by atoms with Crippen molar-refractivity contribution in [2.75, 3.05) is 14.2 Å². The van der Waals surface area contributed by atoms with Crippen molar-refractivity contribution in [2.24, 2.45) is 0 Å². The lowest BCUT2D eigenvalue weighted by Gasteiger charge is -2.15. The molecule has 0 saturated carbocycles. The summed E-state index contributed by atoms with van der Waals surface area (Å²) in [7, 11) is 2.25. The van der Waals surface area contributed by atoms with E-state index < -0.39 is 41.2 Å². The molecule has 3 rings (SSSR count). The smallest absolute Gasteiger partial charge is 0.221 e. The van der Waals surface area contributed by atoms with Crippen molar-refractivity contribution in [1.82, 2.24) is 9.97 Å². The number of pyridine rings is 2. The van der Waals surface area contributed by atoms with Gasteiger partial charge in [-0.2, -0.15) is 8.78 Å². The molecule has 0 aliphatic rings. The molecule has 2 heterocycles. The van der Waals surface area contributed by atoms with E-state index in [9.17, 15) is 22.4 Å². The first-order chi connectivity index (χ1) is 15.2. The van der Waals surface area contributed by atoms with Crippen LogP contribution in [0.25, 0.3) is 11.1 Å². The minimum Gasteiger partial charge on any atom is -0.491 e. The van der Waals surface area contributed by atoms with Gasteiger partial charge in [0.05, 0.1) is 24.8 Å². The topological polar surface area (TPSA) is 70.5 Å². The van der Waals surface area contributed by atoms with Gasteiger partial charge in [0.1, 0.15) is 12.3 Å². The highest BCUT2D eigenvalue weighted by molar-refractivity contribution is 6.31. The number of aldehydes is 1. The molecule has 6 nitrogen and oxygen atoms in total. The fourth-order valence-electron chi connectivity index (χ4n) is 2.96. The summed E-state index contributed by atoms with van der Waals surface area (Å²) in [6, 6.07) is 2.73. The van der Waals surface area contributed by atoms with Gasteiger partial charge in [-0.05, 0) is 24.1 Å². The molecule has 168 valence electrons. The highest BCUT2D eigenvalue weighted by Crippen LogP contribution is 2.37. The predicted molar refractivity (Wildman–Crippen MR) is 106 cm³/mol. The van der Waals surface area contributed by atoms with Crippen LogP contribution in [0.2, 0.25) is 5.02 Å². The summed E-state index contributed by atoms with van der Waals surface area (Å²) in [6.45, 7) is 0.769. The Morgan fingerprint density at radius 3 is 2.25 bits per heavy atom. The molecule has 0 unspecified atom stereocenters. The first-order valence-electron chi connectivity index (χ1n) is 8.91. The van der Waals surface area contributed by atoms with Gasteiger partial charge in [-0.15, -0.1) is 0 Å². The molecule has 0 bridgehead atoms. The third-order valence-corrected chi connectivity index (χ3v) is 4.93. The third kappa shape index (κ3) is 4.18. The zero-order valence-electron chi connectivity index (χ0n) is 16.9. The fraction of sp³-hybridized carbons (Fsp3) is 0.190. The predicted octanol–water partition coefficient (Wildman–Crippen LogP) is 5.07. The molecule has 0 aliphatic heterocycles. The van der Waals surface area contributed by atoms with Crippen LogP contribution in [0.5, 0.6) is 17.5 Å². The summed E-state index contributed by atoms with van der Waals surface area (Å²) in [6.07, 6.45) is 1.81. The summed E-state index contributed by atoms with van der Waals surface area (Å²) in [5.74, 6) is -8.01. The molecule has 3 aromatic rings. The Hall–Kier alpha value is -3.40. The lowest BCUT2D eigenvalue weighted by atomic mass is 10.0. The number of rotatable bonds is 7. The SMILES string of the molecule is COc1ncc(Cl)c(C)c1-c1cc(C=O)nc(OCc2c(F)c(F)c(OC)c(F)c2F)c1. The van der Waals surface area contributed by atoms with E-state index in [1.807, 2.05) is 0 Å². The van der Waals surface area contributed by atoms with Gasteiger partial charge in [-0.3, -0.25) is 4.79 Å². The van der Waals surface area contributed by atoms with Crippen LogP contribution in [0.4, 0.5) is 17.6 Å². The molecule has 2 aromatic heterocycles. The van der Waals surface area contributed by atoms with Gasteiger partial charge in [0, 0.05) is 17.8 Å². The van der Waals surface area contributed by atoms with Crippen molar-refractivity contribution in [3.8, 4) is 28.6 Å². The molecule has 0 aliphatic carbocycles. The van der Waals surface area contributed by atoms with E-state index >= 15 is 0 Å². The van der Waals surface area contributed by atoms with Crippen LogP contribution in [-0.4, -0.2) is 30.5 Å². The number of carbonyl (C=O) groups excluding carboxylic acids is 1. The molecule has 1 aromatic carbocycles. The number of hydrogen-bond donors (Lipinski definition) is 0. The number of nitrogens with zero attached hydrogens (tertiary/aromatic N) is 2. The number of carbonyl (C=O) groups is 1. The minimum atomic E-state index is -1.70. The summed E-state index contributed by atoms with van der Waals surface area (Å²) in [5.41, 5.74) is 0.249. The maximum absolute atomic E-state index is 14.2. The highest BCUT2D eigenvalue weighted by atomic mass is 35.5. The molecule has 11 heteroatoms. The standard InChI is InChI=1S/C21H15ClF4N2O4/c1-9-13(22)6-27-21(31-3)15(9)10-4-11(7-29)28-14(5-10)32-8-12-16(23)18(25)20(30-2)19(26)17(12)24/h4-7H,8H2,1-3H3. The molecule has 0 N–H and O–H groups in total. The number of ether oxygens (including phenoxy) is 3. The molecular formula is C21H15ClF4N2O4. The number of benzene rings is 1. The molecule has 0 spiro atoms. The van der Waals surface area contributed by atoms with Crippen molar-refractivity contribution in [3.63, 3.8) is 0 Å². The van der Waals surface area contributed by atoms with Crippen LogP contribution >= 0.6 is 11.6 Å². The number of halogens is 5. The third-order valence-electron chi connectivity index (χ3n) is 4.55. The normalized spacial score (nSPS) is 10.8. The second-order valence-corrected chi connectivity index (χ2v) is 6.82. The second kappa shape index (κ2) is 9.39. The Labute approximate surface area is 184 Å². The fourth-order valence-corrected chi connectivity index (χ4v) is 3.11. The van der Waals surface area contributed by atoms with E-state index in [1.54, 1.807) is 6.92 Å². The van der Waals surface area contributed by atoms with Gasteiger partial charge in [0.25, 0.3) is 0 Å². The first kappa shape index (κ1) is 23.3. The lowest BCUT2D eigenvalue weighted by molar-refractivity contribution is 0.111. The quantitative estimate of drug-likeness (QED) is 0.273. The van der Waals surface area contributed by atoms with Gasteiger partial charge in [0.15, 0.2) is 23.7 Å². The van der Waals surface area contributed by atoms with Gasteiger partial charge in [-0.1, -0.05) is 11.6 Å². The summed E-state index contributed by atoms with van der Waals surface area (Å²) >= 11 is 6.14. The zero-order valence-corrected chi connectivity index (χ0v) is 17.7. The van der Waals surface area contributed by atoms with E-state index in [1.165, 1.54) is 25.4 Å². The summed E-state index contributed by atoms with van der Waals surface area (Å²) in [4.78, 5) is 19.3. The number of aromatic nitrogens is 2. The Kier molecular flexibility index (Phi) is 6.83. The molecular weight excluding hydrogens is 456 g/mol. The van der Waals surface area contributed by atoms with Crippen LogP contribution in [0.1, 0.15) is 21.6 Å². The van der Waals surface area contributed by atoms with E-state index in [0.29, 0.717) is 28.0 Å². The highest BCUT2D eigenvalue weighted by Gasteiger charge is 2.26. The van der Waals surface area contributed by atoms with Gasteiger partial charge in [-0.25, -0.2) is 18.7 Å². The number of methoxy groups -OCH3 is 2. The van der Waals surface area contributed by atoms with Crippen molar-refractivity contribution < 1.29 is 36.6 Å². The maximum Gasteiger partial charge on any atom is 0.221 e. The molecule has 0 saturated heterocycles. The molecule has 0 radical (unpaired) electrons. The van der Waals surface area contributed by atoms with E-state index in [4.69, 9.17) is 21.1 Å². The largest absolute Gasteiger partial charge is 0.491 e. The van der Waals surface area contributed by atoms with Crippen molar-refractivity contribution in [3.05, 3.63) is 63.4 Å². The van der Waals surface area contributed by atoms with E-state index in [-0.39, 0.29) is 17.5 Å². The van der Waals surface area contributed by atoms with E-state index in [2.05, 4.69) is 14.7 Å². The molecule has 0 atom stereocenters. The molecule has 0 amide bonds. The van der Waals surface area contributed by atoms with Crippen LogP contribution in [-0.2, 0) is 6.61 Å². The Bertz CT molecular complexity index is 1180. The molecule has 0 fully saturated rings. The Morgan fingerprint density at radius 1 is 1.03 bits per heavy atom. The maximum atomic E-state index is 14.2. The average Bonchev–Trinajstić information content (AvgIpc) is 2.79. The van der Waals surface area contributed by atoms with Crippen LogP contribution in [0.3, 0.4) is 0 Å². The lowest BCUT2D eigenvalue weighted by Crippen LogP contribution is -2.10. The Balaban J connectivity index is 2.04. The average molecular weight is 471 g/mol. The summed E-state index contributed by atoms with van der Waals surface area (Å²) in [5, 5.41) is 0.320. The Morgan fingerprint density at radius 2 is 1.69 bits per heavy atom. The van der Waals surface area contributed by atoms with Gasteiger partial charge < -0.3 is 14.2 Å². The van der Waals surface area contributed by atoms with E-state index in [0.717, 1.165) is 7.11 Å². The van der Waals surface area contributed by atoms with Crippen LogP contribution < -0.4 is 14.2 Å². The van der Waals surface area contributed by atoms with Gasteiger partial charge >= 0.3 is 0 Å². The number of hydrogen-bond acceptors (Lipinski definition) is 6. The minimum absolute atomic E-state index is 0.0908. The van der Waals surface area contributed by atoms with Gasteiger partial charge in [0.2, 0.25) is 23.4 Å². The zero-order chi connectivity index (χ0) is 23.6.